The zero-order valence-electron chi connectivity index (χ0n) is 11.8. The fourth-order valence-electron chi connectivity index (χ4n) is 2.55. The van der Waals surface area contributed by atoms with Gasteiger partial charge in [-0.3, -0.25) is 14.7 Å². The van der Waals surface area contributed by atoms with Gasteiger partial charge < -0.3 is 4.74 Å². The summed E-state index contributed by atoms with van der Waals surface area (Å²) in [7, 11) is 0. The first-order chi connectivity index (χ1) is 9.19. The molecule has 4 heteroatoms. The molecule has 0 bridgehead atoms. The van der Waals surface area contributed by atoms with E-state index in [4.69, 9.17) is 4.74 Å². The fraction of sp³-hybridized carbons (Fsp3) is 0.600. The minimum absolute atomic E-state index is 0.0284. The summed E-state index contributed by atoms with van der Waals surface area (Å²) in [6.45, 7) is 7.23. The van der Waals surface area contributed by atoms with Crippen LogP contribution in [0.1, 0.15) is 30.9 Å². The van der Waals surface area contributed by atoms with Crippen LogP contribution in [0.2, 0.25) is 0 Å². The second-order valence-electron chi connectivity index (χ2n) is 5.17. The van der Waals surface area contributed by atoms with Crippen molar-refractivity contribution in [2.24, 2.45) is 5.92 Å². The number of ether oxygens (including phenoxy) is 1. The number of rotatable bonds is 4. The molecule has 0 atom stereocenters. The summed E-state index contributed by atoms with van der Waals surface area (Å²) in [5, 5.41) is 0. The molecule has 2 rings (SSSR count). The van der Waals surface area contributed by atoms with Crippen LogP contribution in [0.25, 0.3) is 0 Å². The number of aryl methyl sites for hydroxylation is 1. The van der Waals surface area contributed by atoms with Gasteiger partial charge in [-0.2, -0.15) is 0 Å². The molecule has 0 amide bonds. The maximum Gasteiger partial charge on any atom is 0.309 e. The van der Waals surface area contributed by atoms with Gasteiger partial charge >= 0.3 is 5.97 Å². The lowest BCUT2D eigenvalue weighted by molar-refractivity contribution is -0.149. The van der Waals surface area contributed by atoms with E-state index >= 15 is 0 Å². The average molecular weight is 262 g/mol. The predicted octanol–water partition coefficient (Wildman–Crippen LogP) is 2.17. The molecule has 1 aromatic rings. The largest absolute Gasteiger partial charge is 0.466 e. The topological polar surface area (TPSA) is 42.4 Å². The van der Waals surface area contributed by atoms with E-state index in [0.29, 0.717) is 6.61 Å². The van der Waals surface area contributed by atoms with Gasteiger partial charge in [-0.1, -0.05) is 6.07 Å². The van der Waals surface area contributed by atoms with E-state index in [2.05, 4.69) is 22.9 Å². The summed E-state index contributed by atoms with van der Waals surface area (Å²) in [6.07, 6.45) is 5.59. The summed E-state index contributed by atoms with van der Waals surface area (Å²) < 4.78 is 5.08. The Kier molecular flexibility index (Phi) is 4.91. The van der Waals surface area contributed by atoms with Gasteiger partial charge in [-0.25, -0.2) is 0 Å². The summed E-state index contributed by atoms with van der Waals surface area (Å²) in [5.41, 5.74) is 2.44. The first kappa shape index (κ1) is 14.0. The van der Waals surface area contributed by atoms with E-state index in [1.54, 1.807) is 0 Å². The molecule has 0 N–H and O–H groups in total. The van der Waals surface area contributed by atoms with Gasteiger partial charge in [-0.15, -0.1) is 0 Å². The lowest BCUT2D eigenvalue weighted by Gasteiger charge is -2.30. The third-order valence-electron chi connectivity index (χ3n) is 3.55. The normalized spacial score (nSPS) is 17.4. The highest BCUT2D eigenvalue weighted by Crippen LogP contribution is 2.20. The van der Waals surface area contributed by atoms with E-state index in [-0.39, 0.29) is 11.9 Å². The molecule has 1 aliphatic rings. The van der Waals surface area contributed by atoms with Crippen LogP contribution in [0.15, 0.2) is 18.5 Å². The molecule has 1 aromatic heterocycles. The lowest BCUT2D eigenvalue weighted by Crippen LogP contribution is -2.36. The number of esters is 1. The number of likely N-dealkylation sites (tertiary alicyclic amines) is 1. The van der Waals surface area contributed by atoms with E-state index in [1.807, 2.05) is 19.3 Å². The second-order valence-corrected chi connectivity index (χ2v) is 5.17. The van der Waals surface area contributed by atoms with Crippen LogP contribution in [0.5, 0.6) is 0 Å². The van der Waals surface area contributed by atoms with Crippen LogP contribution in [0.4, 0.5) is 0 Å². The zero-order valence-corrected chi connectivity index (χ0v) is 11.8. The van der Waals surface area contributed by atoms with Crippen LogP contribution in [-0.4, -0.2) is 35.5 Å². The third kappa shape index (κ3) is 4.03. The standard InChI is InChI=1S/C15H22N2O2/c1-3-19-15(18)14-4-6-17(7-5-14)11-13-8-12(2)9-16-10-13/h8-10,14H,3-7,11H2,1-2H3. The Morgan fingerprint density at radius 2 is 2.16 bits per heavy atom. The maximum absolute atomic E-state index is 11.7. The van der Waals surface area contributed by atoms with E-state index in [0.717, 1.165) is 32.5 Å². The third-order valence-corrected chi connectivity index (χ3v) is 3.55. The molecular weight excluding hydrogens is 240 g/mol. The van der Waals surface area contributed by atoms with Crippen molar-refractivity contribution in [2.45, 2.75) is 33.2 Å². The molecule has 19 heavy (non-hydrogen) atoms. The molecule has 0 unspecified atom stereocenters. The Morgan fingerprint density at radius 1 is 1.42 bits per heavy atom. The second kappa shape index (κ2) is 6.66. The van der Waals surface area contributed by atoms with Crippen molar-refractivity contribution in [3.63, 3.8) is 0 Å². The Morgan fingerprint density at radius 3 is 2.79 bits per heavy atom. The Labute approximate surface area is 114 Å². The number of piperidine rings is 1. The minimum Gasteiger partial charge on any atom is -0.466 e. The molecule has 1 saturated heterocycles. The highest BCUT2D eigenvalue weighted by Gasteiger charge is 2.25. The molecule has 1 aliphatic heterocycles. The number of carbonyl (C=O) groups excluding carboxylic acids is 1. The lowest BCUT2D eigenvalue weighted by atomic mass is 9.96. The van der Waals surface area contributed by atoms with Crippen molar-refractivity contribution in [1.82, 2.24) is 9.88 Å². The first-order valence-electron chi connectivity index (χ1n) is 6.98. The van der Waals surface area contributed by atoms with Crippen molar-refractivity contribution in [3.8, 4) is 0 Å². The van der Waals surface area contributed by atoms with Gasteiger partial charge in [0.2, 0.25) is 0 Å². The van der Waals surface area contributed by atoms with Crippen LogP contribution >= 0.6 is 0 Å². The summed E-state index contributed by atoms with van der Waals surface area (Å²) in [6, 6.07) is 2.17. The molecule has 4 nitrogen and oxygen atoms in total. The molecule has 0 aliphatic carbocycles. The quantitative estimate of drug-likeness (QED) is 0.780. The van der Waals surface area contributed by atoms with Gasteiger partial charge in [0.1, 0.15) is 0 Å². The Balaban J connectivity index is 1.82. The molecule has 0 spiro atoms. The van der Waals surface area contributed by atoms with Gasteiger partial charge in [-0.05, 0) is 50.9 Å². The van der Waals surface area contributed by atoms with Crippen LogP contribution in [-0.2, 0) is 16.1 Å². The Hall–Kier alpha value is -1.42. The van der Waals surface area contributed by atoms with Crippen molar-refractivity contribution >= 4 is 5.97 Å². The van der Waals surface area contributed by atoms with Crippen molar-refractivity contribution in [2.75, 3.05) is 19.7 Å². The van der Waals surface area contributed by atoms with E-state index in [1.165, 1.54) is 11.1 Å². The molecule has 0 radical (unpaired) electrons. The number of aromatic nitrogens is 1. The van der Waals surface area contributed by atoms with Gasteiger partial charge in [0.15, 0.2) is 0 Å². The van der Waals surface area contributed by atoms with Crippen molar-refractivity contribution < 1.29 is 9.53 Å². The van der Waals surface area contributed by atoms with Crippen LogP contribution in [0, 0.1) is 12.8 Å². The SMILES string of the molecule is CCOC(=O)C1CCN(Cc2cncc(C)c2)CC1. The van der Waals surface area contributed by atoms with E-state index in [9.17, 15) is 4.79 Å². The van der Waals surface area contributed by atoms with Gasteiger partial charge in [0.25, 0.3) is 0 Å². The average Bonchev–Trinajstić information content (AvgIpc) is 2.40. The van der Waals surface area contributed by atoms with Crippen molar-refractivity contribution in [1.29, 1.82) is 0 Å². The van der Waals surface area contributed by atoms with Gasteiger partial charge in [0.05, 0.1) is 12.5 Å². The highest BCUT2D eigenvalue weighted by atomic mass is 16.5. The molecule has 0 aromatic carbocycles. The summed E-state index contributed by atoms with van der Waals surface area (Å²) >= 11 is 0. The molecule has 0 saturated carbocycles. The van der Waals surface area contributed by atoms with Crippen LogP contribution in [0.3, 0.4) is 0 Å². The Bertz CT molecular complexity index is 426. The monoisotopic (exact) mass is 262 g/mol. The minimum atomic E-state index is -0.0284. The molecular formula is C15H22N2O2. The number of nitrogens with zero attached hydrogens (tertiary/aromatic N) is 2. The van der Waals surface area contributed by atoms with Crippen molar-refractivity contribution in [3.05, 3.63) is 29.6 Å². The highest BCUT2D eigenvalue weighted by molar-refractivity contribution is 5.72. The number of carbonyl (C=O) groups is 1. The number of hydrogen-bond acceptors (Lipinski definition) is 4. The fourth-order valence-corrected chi connectivity index (χ4v) is 2.55. The van der Waals surface area contributed by atoms with Crippen LogP contribution < -0.4 is 0 Å². The number of hydrogen-bond donors (Lipinski definition) is 0. The summed E-state index contributed by atoms with van der Waals surface area (Å²) in [4.78, 5) is 18.3. The predicted molar refractivity (Wildman–Crippen MR) is 73.6 cm³/mol. The zero-order chi connectivity index (χ0) is 13.7. The molecule has 104 valence electrons. The number of pyridine rings is 1. The van der Waals surface area contributed by atoms with E-state index < -0.39 is 0 Å². The smallest absolute Gasteiger partial charge is 0.309 e. The summed E-state index contributed by atoms with van der Waals surface area (Å²) in [5.74, 6) is 0.0613. The van der Waals surface area contributed by atoms with Gasteiger partial charge in [0, 0.05) is 18.9 Å². The maximum atomic E-state index is 11.7. The first-order valence-corrected chi connectivity index (χ1v) is 6.98. The molecule has 1 fully saturated rings. The molecule has 2 heterocycles.